The third-order valence-corrected chi connectivity index (χ3v) is 5.52. The number of sulfonamides is 1. The van der Waals surface area contributed by atoms with E-state index < -0.39 is 10.0 Å². The summed E-state index contributed by atoms with van der Waals surface area (Å²) in [5.41, 5.74) is 0.866. The fraction of sp³-hybridized carbons (Fsp3) is 0.412. The van der Waals surface area contributed by atoms with Gasteiger partial charge in [0.2, 0.25) is 0 Å². The molecule has 1 aliphatic heterocycles. The molecule has 2 aromatic rings. The third-order valence-electron chi connectivity index (χ3n) is 4.12. The molecule has 1 aromatic heterocycles. The molecule has 2 heterocycles. The number of carbonyl (C=O) groups excluding carboxylic acids is 1. The van der Waals surface area contributed by atoms with Crippen LogP contribution in [0.15, 0.2) is 41.6 Å². The Hall–Kier alpha value is -2.19. The number of Topliss-reactive ketones (excluding diaryl/α,β-unsaturated/α-hetero) is 1. The van der Waals surface area contributed by atoms with Crippen LogP contribution in [0, 0.1) is 0 Å². The lowest BCUT2D eigenvalue weighted by Gasteiger charge is -2.22. The number of hydrogen-bond acceptors (Lipinski definition) is 5. The maximum absolute atomic E-state index is 12.4. The van der Waals surface area contributed by atoms with E-state index in [0.717, 1.165) is 25.9 Å². The average molecular weight is 363 g/mol. The topological polar surface area (TPSA) is 90.3 Å². The Morgan fingerprint density at radius 2 is 2.08 bits per heavy atom. The van der Waals surface area contributed by atoms with Gasteiger partial charge in [0, 0.05) is 18.4 Å². The molecule has 1 saturated heterocycles. The number of nitrogens with one attached hydrogen (secondary N) is 1. The van der Waals surface area contributed by atoms with Crippen LogP contribution in [-0.2, 0) is 21.3 Å². The van der Waals surface area contributed by atoms with E-state index in [1.165, 1.54) is 37.4 Å². The van der Waals surface area contributed by atoms with Gasteiger partial charge in [-0.25, -0.2) is 8.42 Å². The van der Waals surface area contributed by atoms with Gasteiger partial charge in [-0.2, -0.15) is 5.10 Å². The molecule has 134 valence electrons. The monoisotopic (exact) mass is 363 g/mol. The van der Waals surface area contributed by atoms with Gasteiger partial charge in [-0.1, -0.05) is 12.1 Å². The highest BCUT2D eigenvalue weighted by molar-refractivity contribution is 7.92. The van der Waals surface area contributed by atoms with E-state index in [0.29, 0.717) is 17.8 Å². The first-order valence-electron chi connectivity index (χ1n) is 8.22. The second kappa shape index (κ2) is 7.37. The largest absolute Gasteiger partial charge is 0.376 e. The van der Waals surface area contributed by atoms with Crippen molar-refractivity contribution in [1.82, 2.24) is 9.78 Å². The Labute approximate surface area is 147 Å². The van der Waals surface area contributed by atoms with Gasteiger partial charge in [0.1, 0.15) is 0 Å². The molecule has 0 radical (unpaired) electrons. The number of aromatic nitrogens is 2. The van der Waals surface area contributed by atoms with Crippen molar-refractivity contribution in [3.05, 3.63) is 42.2 Å². The molecule has 3 rings (SSSR count). The van der Waals surface area contributed by atoms with E-state index >= 15 is 0 Å². The standard InChI is InChI=1S/C17H21N3O4S/c1-13(21)14-5-7-17(8-6-14)25(22,23)19-15-10-18-20(11-15)12-16-4-2-3-9-24-16/h5-8,10-11,16,19H,2-4,9,12H2,1H3/t16-/m1/s1. The molecule has 0 bridgehead atoms. The van der Waals surface area contributed by atoms with Crippen molar-refractivity contribution < 1.29 is 17.9 Å². The molecule has 0 spiro atoms. The Kier molecular flexibility index (Phi) is 5.19. The molecule has 1 N–H and O–H groups in total. The highest BCUT2D eigenvalue weighted by Crippen LogP contribution is 2.18. The van der Waals surface area contributed by atoms with Crippen molar-refractivity contribution in [3.8, 4) is 0 Å². The predicted octanol–water partition coefficient (Wildman–Crippen LogP) is 2.46. The summed E-state index contributed by atoms with van der Waals surface area (Å²) in [4.78, 5) is 11.4. The van der Waals surface area contributed by atoms with Gasteiger partial charge in [-0.15, -0.1) is 0 Å². The van der Waals surface area contributed by atoms with Crippen LogP contribution in [0.25, 0.3) is 0 Å². The molecule has 0 aliphatic carbocycles. The van der Waals surface area contributed by atoms with Crippen LogP contribution >= 0.6 is 0 Å². The first-order chi connectivity index (χ1) is 11.9. The molecule has 0 amide bonds. The Morgan fingerprint density at radius 1 is 1.32 bits per heavy atom. The number of ketones is 1. The van der Waals surface area contributed by atoms with Crippen LogP contribution in [0.3, 0.4) is 0 Å². The summed E-state index contributed by atoms with van der Waals surface area (Å²) in [6, 6.07) is 5.83. The first kappa shape index (κ1) is 17.6. The summed E-state index contributed by atoms with van der Waals surface area (Å²) >= 11 is 0. The van der Waals surface area contributed by atoms with E-state index in [1.54, 1.807) is 10.9 Å². The maximum atomic E-state index is 12.4. The van der Waals surface area contributed by atoms with Gasteiger partial charge in [0.25, 0.3) is 10.0 Å². The van der Waals surface area contributed by atoms with Crippen LogP contribution in [0.5, 0.6) is 0 Å². The first-order valence-corrected chi connectivity index (χ1v) is 9.70. The lowest BCUT2D eigenvalue weighted by molar-refractivity contribution is 0.00400. The van der Waals surface area contributed by atoms with Crippen molar-refractivity contribution in [2.75, 3.05) is 11.3 Å². The number of carbonyl (C=O) groups is 1. The molecule has 1 aromatic carbocycles. The third kappa shape index (κ3) is 4.46. The average Bonchev–Trinajstić information content (AvgIpc) is 3.02. The van der Waals surface area contributed by atoms with Crippen molar-refractivity contribution >= 4 is 21.5 Å². The SMILES string of the molecule is CC(=O)c1ccc(S(=O)(=O)Nc2cnn(C[C@H]3CCCCO3)c2)cc1. The predicted molar refractivity (Wildman–Crippen MR) is 93.1 cm³/mol. The summed E-state index contributed by atoms with van der Waals surface area (Å²) in [5, 5.41) is 4.19. The number of ether oxygens (including phenoxy) is 1. The Bertz CT molecular complexity index is 837. The van der Waals surface area contributed by atoms with E-state index in [4.69, 9.17) is 4.74 Å². The lowest BCUT2D eigenvalue weighted by Crippen LogP contribution is -2.24. The zero-order valence-electron chi connectivity index (χ0n) is 14.0. The number of anilines is 1. The summed E-state index contributed by atoms with van der Waals surface area (Å²) in [5.74, 6) is -0.108. The Balaban J connectivity index is 1.67. The minimum absolute atomic E-state index is 0.0980. The summed E-state index contributed by atoms with van der Waals surface area (Å²) < 4.78 is 34.7. The fourth-order valence-corrected chi connectivity index (χ4v) is 3.79. The smallest absolute Gasteiger partial charge is 0.261 e. The highest BCUT2D eigenvalue weighted by Gasteiger charge is 2.18. The second-order valence-corrected chi connectivity index (χ2v) is 7.81. The number of hydrogen-bond donors (Lipinski definition) is 1. The second-order valence-electron chi connectivity index (χ2n) is 6.13. The van der Waals surface area contributed by atoms with Crippen LogP contribution in [0.4, 0.5) is 5.69 Å². The lowest BCUT2D eigenvalue weighted by atomic mass is 10.1. The van der Waals surface area contributed by atoms with E-state index in [1.807, 2.05) is 0 Å². The van der Waals surface area contributed by atoms with Crippen molar-refractivity contribution in [3.63, 3.8) is 0 Å². The number of rotatable bonds is 6. The van der Waals surface area contributed by atoms with Gasteiger partial charge < -0.3 is 4.74 Å². The molecular weight excluding hydrogens is 342 g/mol. The number of benzene rings is 1. The molecule has 0 saturated carbocycles. The zero-order chi connectivity index (χ0) is 17.9. The summed E-state index contributed by atoms with van der Waals surface area (Å²) in [6.45, 7) is 2.81. The molecular formula is C17H21N3O4S. The van der Waals surface area contributed by atoms with Gasteiger partial charge in [0.05, 0.1) is 29.4 Å². The molecule has 0 unspecified atom stereocenters. The quantitative estimate of drug-likeness (QED) is 0.796. The Morgan fingerprint density at radius 3 is 2.72 bits per heavy atom. The van der Waals surface area contributed by atoms with Crippen LogP contribution < -0.4 is 4.72 Å². The zero-order valence-corrected chi connectivity index (χ0v) is 14.8. The van der Waals surface area contributed by atoms with Crippen LogP contribution in [-0.4, -0.2) is 36.7 Å². The van der Waals surface area contributed by atoms with Crippen LogP contribution in [0.1, 0.15) is 36.5 Å². The molecule has 1 fully saturated rings. The van der Waals surface area contributed by atoms with Gasteiger partial charge in [0.15, 0.2) is 5.78 Å². The van der Waals surface area contributed by atoms with E-state index in [2.05, 4.69) is 9.82 Å². The fourth-order valence-electron chi connectivity index (χ4n) is 2.76. The molecule has 8 heteroatoms. The highest BCUT2D eigenvalue weighted by atomic mass is 32.2. The molecule has 1 atom stereocenters. The van der Waals surface area contributed by atoms with Crippen molar-refractivity contribution in [2.24, 2.45) is 0 Å². The summed E-state index contributed by atoms with van der Waals surface area (Å²) in [6.07, 6.45) is 6.47. The van der Waals surface area contributed by atoms with Gasteiger partial charge >= 0.3 is 0 Å². The van der Waals surface area contributed by atoms with Crippen molar-refractivity contribution in [1.29, 1.82) is 0 Å². The maximum Gasteiger partial charge on any atom is 0.261 e. The van der Waals surface area contributed by atoms with Gasteiger partial charge in [-0.3, -0.25) is 14.2 Å². The van der Waals surface area contributed by atoms with Crippen molar-refractivity contribution in [2.45, 2.75) is 43.7 Å². The summed E-state index contributed by atoms with van der Waals surface area (Å²) in [7, 11) is -3.72. The molecule has 25 heavy (non-hydrogen) atoms. The normalized spacial score (nSPS) is 18.0. The molecule has 7 nitrogen and oxygen atoms in total. The number of nitrogens with zero attached hydrogens (tertiary/aromatic N) is 2. The van der Waals surface area contributed by atoms with E-state index in [9.17, 15) is 13.2 Å². The van der Waals surface area contributed by atoms with Gasteiger partial charge in [-0.05, 0) is 38.3 Å². The van der Waals surface area contributed by atoms with Crippen LogP contribution in [0.2, 0.25) is 0 Å². The minimum atomic E-state index is -3.72. The minimum Gasteiger partial charge on any atom is -0.376 e. The van der Waals surface area contributed by atoms with E-state index in [-0.39, 0.29) is 16.8 Å². The molecule has 1 aliphatic rings.